The molecular weight excluding hydrogens is 210 g/mol. The van der Waals surface area contributed by atoms with Crippen molar-refractivity contribution < 1.29 is 4.79 Å². The van der Waals surface area contributed by atoms with Gasteiger partial charge in [-0.2, -0.15) is 0 Å². The van der Waals surface area contributed by atoms with E-state index in [9.17, 15) is 4.79 Å². The molecule has 1 heterocycles. The van der Waals surface area contributed by atoms with Crippen molar-refractivity contribution in [3.05, 3.63) is 47.0 Å². The number of benzene rings is 1. The summed E-state index contributed by atoms with van der Waals surface area (Å²) in [6, 6.07) is 7.17. The Bertz CT molecular complexity index is 400. The highest BCUT2D eigenvalue weighted by Gasteiger charge is 2.17. The Morgan fingerprint density at radius 1 is 1.27 bits per heavy atom. The van der Waals surface area contributed by atoms with Gasteiger partial charge < -0.3 is 4.90 Å². The lowest BCUT2D eigenvalue weighted by atomic mass is 10.1. The summed E-state index contributed by atoms with van der Waals surface area (Å²) >= 11 is 5.97. The standard InChI is InChI=1S/C12H12ClNO/c13-11-7-3-2-6-10(11)12(15)14-8-4-1-5-9-14/h1-4,6-7H,5,8-9H2. The van der Waals surface area contributed by atoms with Crippen molar-refractivity contribution in [2.45, 2.75) is 6.42 Å². The van der Waals surface area contributed by atoms with Crippen molar-refractivity contribution in [2.24, 2.45) is 0 Å². The lowest BCUT2D eigenvalue weighted by Crippen LogP contribution is -2.33. The van der Waals surface area contributed by atoms with E-state index >= 15 is 0 Å². The highest BCUT2D eigenvalue weighted by molar-refractivity contribution is 6.33. The number of carbonyl (C=O) groups is 1. The Balaban J connectivity index is 2.20. The van der Waals surface area contributed by atoms with Gasteiger partial charge in [0.25, 0.3) is 5.91 Å². The fraction of sp³-hybridized carbons (Fsp3) is 0.250. The van der Waals surface area contributed by atoms with Crippen LogP contribution in [0.4, 0.5) is 0 Å². The molecule has 15 heavy (non-hydrogen) atoms. The molecule has 0 saturated heterocycles. The molecule has 78 valence electrons. The van der Waals surface area contributed by atoms with Crippen LogP contribution in [0.25, 0.3) is 0 Å². The lowest BCUT2D eigenvalue weighted by Gasteiger charge is -2.23. The van der Waals surface area contributed by atoms with Crippen molar-refractivity contribution in [2.75, 3.05) is 13.1 Å². The molecule has 0 aromatic heterocycles. The maximum absolute atomic E-state index is 12.0. The Morgan fingerprint density at radius 3 is 2.73 bits per heavy atom. The summed E-state index contributed by atoms with van der Waals surface area (Å²) in [5, 5.41) is 0.525. The highest BCUT2D eigenvalue weighted by atomic mass is 35.5. The second kappa shape index (κ2) is 4.49. The summed E-state index contributed by atoms with van der Waals surface area (Å²) in [5.74, 6) is 0.0185. The van der Waals surface area contributed by atoms with Gasteiger partial charge in [-0.25, -0.2) is 0 Å². The quantitative estimate of drug-likeness (QED) is 0.668. The van der Waals surface area contributed by atoms with E-state index < -0.39 is 0 Å². The van der Waals surface area contributed by atoms with Crippen LogP contribution < -0.4 is 0 Å². The minimum absolute atomic E-state index is 0.0185. The van der Waals surface area contributed by atoms with Crippen LogP contribution >= 0.6 is 11.6 Å². The predicted molar refractivity (Wildman–Crippen MR) is 61.1 cm³/mol. The summed E-state index contributed by atoms with van der Waals surface area (Å²) in [4.78, 5) is 13.8. The maximum atomic E-state index is 12.0. The van der Waals surface area contributed by atoms with Gasteiger partial charge in [0.15, 0.2) is 0 Å². The van der Waals surface area contributed by atoms with Gasteiger partial charge in [-0.05, 0) is 18.6 Å². The Labute approximate surface area is 94.2 Å². The largest absolute Gasteiger partial charge is 0.335 e. The maximum Gasteiger partial charge on any atom is 0.255 e. The smallest absolute Gasteiger partial charge is 0.255 e. The van der Waals surface area contributed by atoms with Gasteiger partial charge in [-0.1, -0.05) is 35.9 Å². The first-order valence-corrected chi connectivity index (χ1v) is 5.35. The van der Waals surface area contributed by atoms with Crippen LogP contribution in [-0.4, -0.2) is 23.9 Å². The summed E-state index contributed by atoms with van der Waals surface area (Å²) in [5.41, 5.74) is 0.592. The summed E-state index contributed by atoms with van der Waals surface area (Å²) in [6.45, 7) is 1.46. The number of nitrogens with zero attached hydrogens (tertiary/aromatic N) is 1. The molecule has 0 N–H and O–H groups in total. The van der Waals surface area contributed by atoms with Crippen molar-refractivity contribution >= 4 is 17.5 Å². The average Bonchev–Trinajstić information content (AvgIpc) is 2.30. The SMILES string of the molecule is O=C(c1ccccc1Cl)N1CC=CCC1. The van der Waals surface area contributed by atoms with Gasteiger partial charge in [-0.3, -0.25) is 4.79 Å². The Morgan fingerprint density at radius 2 is 2.07 bits per heavy atom. The first-order chi connectivity index (χ1) is 7.29. The van der Waals surface area contributed by atoms with Gasteiger partial charge >= 0.3 is 0 Å². The second-order valence-electron chi connectivity index (χ2n) is 3.49. The monoisotopic (exact) mass is 221 g/mol. The molecule has 2 rings (SSSR count). The van der Waals surface area contributed by atoms with Crippen molar-refractivity contribution in [3.8, 4) is 0 Å². The van der Waals surface area contributed by atoms with Crippen LogP contribution in [-0.2, 0) is 0 Å². The molecule has 0 unspecified atom stereocenters. The molecule has 0 fully saturated rings. The normalized spacial score (nSPS) is 15.4. The van der Waals surface area contributed by atoms with Crippen LogP contribution in [0.2, 0.25) is 5.02 Å². The average molecular weight is 222 g/mol. The van der Waals surface area contributed by atoms with Crippen LogP contribution in [0, 0.1) is 0 Å². The molecule has 0 atom stereocenters. The number of halogens is 1. The summed E-state index contributed by atoms with van der Waals surface area (Å²) < 4.78 is 0. The number of rotatable bonds is 1. The van der Waals surface area contributed by atoms with Crippen molar-refractivity contribution in [3.63, 3.8) is 0 Å². The Hall–Kier alpha value is -1.28. The summed E-state index contributed by atoms with van der Waals surface area (Å²) in [7, 11) is 0. The van der Waals surface area contributed by atoms with E-state index in [4.69, 9.17) is 11.6 Å². The third kappa shape index (κ3) is 2.21. The molecule has 0 bridgehead atoms. The van der Waals surface area contributed by atoms with Gasteiger partial charge in [0.2, 0.25) is 0 Å². The predicted octanol–water partition coefficient (Wildman–Crippen LogP) is 2.74. The molecule has 1 amide bonds. The number of hydrogen-bond donors (Lipinski definition) is 0. The molecule has 0 radical (unpaired) electrons. The van der Waals surface area contributed by atoms with E-state index in [0.29, 0.717) is 17.1 Å². The van der Waals surface area contributed by atoms with Crippen molar-refractivity contribution in [1.29, 1.82) is 0 Å². The molecule has 2 nitrogen and oxygen atoms in total. The zero-order valence-corrected chi connectivity index (χ0v) is 9.07. The molecule has 3 heteroatoms. The van der Waals surface area contributed by atoms with E-state index in [1.54, 1.807) is 17.0 Å². The molecule has 1 aromatic carbocycles. The van der Waals surface area contributed by atoms with Gasteiger partial charge in [0, 0.05) is 13.1 Å². The Kier molecular flexibility index (Phi) is 3.07. The van der Waals surface area contributed by atoms with Gasteiger partial charge in [0.05, 0.1) is 10.6 Å². The van der Waals surface area contributed by atoms with E-state index in [0.717, 1.165) is 13.0 Å². The topological polar surface area (TPSA) is 20.3 Å². The number of amides is 1. The minimum atomic E-state index is 0.0185. The fourth-order valence-corrected chi connectivity index (χ4v) is 1.85. The van der Waals surface area contributed by atoms with Crippen LogP contribution in [0.15, 0.2) is 36.4 Å². The lowest BCUT2D eigenvalue weighted by molar-refractivity contribution is 0.0771. The zero-order valence-electron chi connectivity index (χ0n) is 8.32. The van der Waals surface area contributed by atoms with Crippen LogP contribution in [0.5, 0.6) is 0 Å². The second-order valence-corrected chi connectivity index (χ2v) is 3.90. The molecule has 0 aliphatic carbocycles. The molecule has 1 aromatic rings. The first kappa shape index (κ1) is 10.2. The minimum Gasteiger partial charge on any atom is -0.335 e. The van der Waals surface area contributed by atoms with Gasteiger partial charge in [-0.15, -0.1) is 0 Å². The molecular formula is C12H12ClNO. The molecule has 0 spiro atoms. The van der Waals surface area contributed by atoms with E-state index in [2.05, 4.69) is 6.08 Å². The molecule has 0 saturated carbocycles. The highest BCUT2D eigenvalue weighted by Crippen LogP contribution is 2.18. The first-order valence-electron chi connectivity index (χ1n) is 4.98. The van der Waals surface area contributed by atoms with Gasteiger partial charge in [0.1, 0.15) is 0 Å². The molecule has 1 aliphatic heterocycles. The number of carbonyl (C=O) groups excluding carboxylic acids is 1. The zero-order chi connectivity index (χ0) is 10.7. The fourth-order valence-electron chi connectivity index (χ4n) is 1.63. The van der Waals surface area contributed by atoms with Crippen LogP contribution in [0.1, 0.15) is 16.8 Å². The summed E-state index contributed by atoms with van der Waals surface area (Å²) in [6.07, 6.45) is 5.03. The third-order valence-corrected chi connectivity index (χ3v) is 2.78. The third-order valence-electron chi connectivity index (χ3n) is 2.45. The van der Waals surface area contributed by atoms with Crippen LogP contribution in [0.3, 0.4) is 0 Å². The molecule has 1 aliphatic rings. The van der Waals surface area contributed by atoms with E-state index in [1.807, 2.05) is 18.2 Å². The van der Waals surface area contributed by atoms with E-state index in [1.165, 1.54) is 0 Å². The van der Waals surface area contributed by atoms with E-state index in [-0.39, 0.29) is 5.91 Å². The van der Waals surface area contributed by atoms with Crippen molar-refractivity contribution in [1.82, 2.24) is 4.90 Å². The number of hydrogen-bond acceptors (Lipinski definition) is 1.